The third-order valence-corrected chi connectivity index (χ3v) is 11.4. The van der Waals surface area contributed by atoms with Crippen molar-refractivity contribution < 1.29 is 84.7 Å². The molecule has 18 nitrogen and oxygen atoms in total. The first-order chi connectivity index (χ1) is 28.9. The second-order valence-corrected chi connectivity index (χ2v) is 17.6. The van der Waals surface area contributed by atoms with Crippen LogP contribution < -0.4 is 10.6 Å². The number of hydrogen-bond acceptors (Lipinski definition) is 10. The van der Waals surface area contributed by atoms with Crippen LogP contribution in [0.2, 0.25) is 0 Å². The Morgan fingerprint density at radius 3 is 1.68 bits per heavy atom. The van der Waals surface area contributed by atoms with Gasteiger partial charge in [-0.05, 0) is 36.8 Å². The molecule has 1 heterocycles. The number of unbranched alkanes of at least 4 members (excludes halogenated alkanes) is 2. The highest BCUT2D eigenvalue weighted by Crippen LogP contribution is 2.60. The molecular weight excluding hydrogens is 874 g/mol. The van der Waals surface area contributed by atoms with Gasteiger partial charge >= 0.3 is 32.5 Å². The summed E-state index contributed by atoms with van der Waals surface area (Å²) in [5.41, 5.74) is -10.2. The maximum atomic E-state index is 14.0. The number of alkyl halides is 4. The Morgan fingerprint density at radius 1 is 0.629 bits per heavy atom. The monoisotopic (exact) mass is 922 g/mol. The van der Waals surface area contributed by atoms with Crippen LogP contribution in [0.25, 0.3) is 0 Å². The number of rotatable bonds is 26. The maximum absolute atomic E-state index is 14.0. The van der Waals surface area contributed by atoms with E-state index in [2.05, 4.69) is 10.6 Å². The first kappa shape index (κ1) is 51.5. The van der Waals surface area contributed by atoms with Gasteiger partial charge in [0.05, 0.1) is 6.42 Å². The SMILES string of the molecule is O=C(CCCN(CCNC(=O)Cc1ccc(C(F)(F)P(=O)(O)O)cc1)C(=O)CCCC(=O)NCCCCCC(=O)ON1C(=O)CCC1=O)Cc1ccc(C(F)(F)P(=O)(O)O)cc1. The zero-order valence-electron chi connectivity index (χ0n) is 33.3. The summed E-state index contributed by atoms with van der Waals surface area (Å²) in [7, 11) is -11.6. The molecule has 0 aliphatic carbocycles. The quantitative estimate of drug-likeness (QED) is 0.0340. The molecule has 342 valence electrons. The average molecular weight is 923 g/mol. The number of Topliss-reactive ketones (excluding diaryl/α,β-unsaturated/α-hetero) is 1. The molecule has 0 radical (unpaired) electrons. The molecular formula is C38H48F4N4O14P2. The lowest BCUT2D eigenvalue weighted by atomic mass is 10.0. The standard InChI is InChI=1S/C38H48F4N4O14P2/c39-37(40,61(54,55)56)28-14-10-26(11-15-28)24-30(47)6-5-22-45(23-21-44-32(49)25-27-12-16-29(17-13-27)38(41,42)62(57,58)59)33(50)8-4-7-31(48)43-20-3-1-2-9-36(53)60-46-34(51)18-19-35(46)52/h10-17H,1-9,18-25H2,(H,43,48)(H,44,49)(H2,54,55,56)(H2,57,58,59). The predicted molar refractivity (Wildman–Crippen MR) is 209 cm³/mol. The van der Waals surface area contributed by atoms with Crippen LogP contribution in [0.5, 0.6) is 0 Å². The summed E-state index contributed by atoms with van der Waals surface area (Å²) < 4.78 is 78.2. The van der Waals surface area contributed by atoms with Crippen molar-refractivity contribution in [3.05, 3.63) is 70.8 Å². The van der Waals surface area contributed by atoms with Crippen LogP contribution in [0.1, 0.15) is 92.9 Å². The fourth-order valence-corrected chi connectivity index (χ4v) is 6.93. The van der Waals surface area contributed by atoms with E-state index in [1.54, 1.807) is 0 Å². The minimum Gasteiger partial charge on any atom is -0.356 e. The molecule has 1 fully saturated rings. The first-order valence-electron chi connectivity index (χ1n) is 19.4. The van der Waals surface area contributed by atoms with Crippen LogP contribution in [-0.2, 0) is 71.7 Å². The van der Waals surface area contributed by atoms with Crippen LogP contribution in [0.15, 0.2) is 48.5 Å². The lowest BCUT2D eigenvalue weighted by Crippen LogP contribution is -2.39. The molecule has 1 aliphatic heterocycles. The summed E-state index contributed by atoms with van der Waals surface area (Å²) in [6, 6.07) is 7.70. The number of hydrogen-bond donors (Lipinski definition) is 6. The van der Waals surface area contributed by atoms with Crippen LogP contribution >= 0.6 is 15.2 Å². The zero-order chi connectivity index (χ0) is 46.3. The molecule has 0 aromatic heterocycles. The minimum absolute atomic E-state index is 0.0171. The van der Waals surface area contributed by atoms with Crippen molar-refractivity contribution in [2.45, 2.75) is 94.8 Å². The molecule has 0 saturated carbocycles. The van der Waals surface area contributed by atoms with Crippen molar-refractivity contribution in [2.75, 3.05) is 26.2 Å². The van der Waals surface area contributed by atoms with Crippen LogP contribution in [0.4, 0.5) is 17.6 Å². The molecule has 5 amide bonds. The van der Waals surface area contributed by atoms with Crippen LogP contribution in [0, 0.1) is 0 Å². The van der Waals surface area contributed by atoms with Gasteiger partial charge in [-0.25, -0.2) is 4.79 Å². The zero-order valence-corrected chi connectivity index (χ0v) is 35.1. The molecule has 1 saturated heterocycles. The molecule has 0 unspecified atom stereocenters. The van der Waals surface area contributed by atoms with E-state index in [9.17, 15) is 60.3 Å². The van der Waals surface area contributed by atoms with Gasteiger partial charge in [-0.3, -0.25) is 37.9 Å². The van der Waals surface area contributed by atoms with E-state index in [-0.39, 0.29) is 108 Å². The van der Waals surface area contributed by atoms with Gasteiger partial charge in [-0.2, -0.15) is 17.6 Å². The number of amides is 5. The van der Waals surface area contributed by atoms with Gasteiger partial charge in [0, 0.05) is 82.3 Å². The molecule has 2 aromatic rings. The molecule has 24 heteroatoms. The van der Waals surface area contributed by atoms with E-state index in [1.807, 2.05) is 0 Å². The lowest BCUT2D eigenvalue weighted by molar-refractivity contribution is -0.197. The van der Waals surface area contributed by atoms with Gasteiger partial charge in [-0.1, -0.05) is 55.0 Å². The van der Waals surface area contributed by atoms with Crippen molar-refractivity contribution in [3.63, 3.8) is 0 Å². The first-order valence-corrected chi connectivity index (χ1v) is 22.6. The second kappa shape index (κ2) is 23.0. The largest absolute Gasteiger partial charge is 0.399 e. The van der Waals surface area contributed by atoms with E-state index in [0.717, 1.165) is 48.5 Å². The molecule has 6 N–H and O–H groups in total. The van der Waals surface area contributed by atoms with E-state index < -0.39 is 67.2 Å². The summed E-state index contributed by atoms with van der Waals surface area (Å²) >= 11 is 0. The van der Waals surface area contributed by atoms with Crippen LogP contribution in [-0.4, -0.2) is 97.0 Å². The Morgan fingerprint density at radius 2 is 1.15 bits per heavy atom. The second-order valence-electron chi connectivity index (χ2n) is 14.4. The van der Waals surface area contributed by atoms with Crippen molar-refractivity contribution >= 4 is 56.5 Å². The van der Waals surface area contributed by atoms with E-state index >= 15 is 0 Å². The van der Waals surface area contributed by atoms with Gasteiger partial charge in [-0.15, -0.1) is 5.06 Å². The number of nitrogens with zero attached hydrogens (tertiary/aromatic N) is 2. The molecule has 0 bridgehead atoms. The number of carbonyl (C=O) groups is 7. The smallest absolute Gasteiger partial charge is 0.356 e. The average Bonchev–Trinajstić information content (AvgIpc) is 3.50. The maximum Gasteiger partial charge on any atom is 0.399 e. The highest BCUT2D eigenvalue weighted by Gasteiger charge is 2.51. The summed E-state index contributed by atoms with van der Waals surface area (Å²) in [5, 5.41) is 5.76. The topological polar surface area (TPSA) is 274 Å². The highest BCUT2D eigenvalue weighted by atomic mass is 31.2. The van der Waals surface area contributed by atoms with Gasteiger partial charge in [0.1, 0.15) is 5.78 Å². The molecule has 2 aromatic carbocycles. The molecule has 0 spiro atoms. The van der Waals surface area contributed by atoms with Gasteiger partial charge in [0.15, 0.2) is 0 Å². The Hall–Kier alpha value is -4.85. The predicted octanol–water partition coefficient (Wildman–Crippen LogP) is 3.67. The lowest BCUT2D eigenvalue weighted by Gasteiger charge is -2.23. The number of carbonyl (C=O) groups excluding carboxylic acids is 7. The summed E-state index contributed by atoms with van der Waals surface area (Å²) in [6.07, 6.45) is 0.965. The number of halogens is 4. The molecule has 1 aliphatic rings. The number of imide groups is 1. The fourth-order valence-electron chi connectivity index (χ4n) is 5.96. The number of benzene rings is 2. The van der Waals surface area contributed by atoms with Gasteiger partial charge in [0.25, 0.3) is 11.8 Å². The van der Waals surface area contributed by atoms with Crippen molar-refractivity contribution in [3.8, 4) is 0 Å². The molecule has 62 heavy (non-hydrogen) atoms. The normalized spacial score (nSPS) is 13.5. The van der Waals surface area contributed by atoms with Crippen molar-refractivity contribution in [1.82, 2.24) is 20.6 Å². The Labute approximate surface area is 353 Å². The van der Waals surface area contributed by atoms with E-state index in [4.69, 9.17) is 24.4 Å². The summed E-state index contributed by atoms with van der Waals surface area (Å²) in [5.74, 6) is -3.55. The highest BCUT2D eigenvalue weighted by molar-refractivity contribution is 7.52. The Kier molecular flexibility index (Phi) is 19.1. The fraction of sp³-hybridized carbons (Fsp3) is 0.500. The third kappa shape index (κ3) is 15.8. The number of nitrogens with one attached hydrogen (secondary N) is 2. The summed E-state index contributed by atoms with van der Waals surface area (Å²) in [4.78, 5) is 128. The molecule has 0 atom stereocenters. The summed E-state index contributed by atoms with van der Waals surface area (Å²) in [6.45, 7) is 0.198. The van der Waals surface area contributed by atoms with E-state index in [1.165, 1.54) is 4.90 Å². The van der Waals surface area contributed by atoms with Crippen LogP contribution in [0.3, 0.4) is 0 Å². The molecule has 3 rings (SSSR count). The Bertz CT molecular complexity index is 1910. The third-order valence-electron chi connectivity index (χ3n) is 9.41. The number of ketones is 1. The Balaban J connectivity index is 1.47. The van der Waals surface area contributed by atoms with E-state index in [0.29, 0.717) is 29.9 Å². The van der Waals surface area contributed by atoms with Crippen molar-refractivity contribution in [2.24, 2.45) is 0 Å². The van der Waals surface area contributed by atoms with Gasteiger partial charge < -0.3 is 39.9 Å². The minimum atomic E-state index is -5.79. The van der Waals surface area contributed by atoms with Gasteiger partial charge in [0.2, 0.25) is 17.7 Å². The van der Waals surface area contributed by atoms with Crippen molar-refractivity contribution in [1.29, 1.82) is 0 Å². The number of hydroxylamine groups is 2.